The number of benzene rings is 1. The van der Waals surface area contributed by atoms with Gasteiger partial charge in [-0.1, -0.05) is 24.6 Å². The van der Waals surface area contributed by atoms with Crippen molar-refractivity contribution in [2.24, 2.45) is 0 Å². The molecule has 1 aromatic heterocycles. The third-order valence-electron chi connectivity index (χ3n) is 6.01. The molecule has 3 rings (SSSR count). The summed E-state index contributed by atoms with van der Waals surface area (Å²) >= 11 is 0. The normalized spacial score (nSPS) is 16.2. The Bertz CT molecular complexity index is 1050. The molecule has 2 atom stereocenters. The van der Waals surface area contributed by atoms with Crippen LogP contribution in [0.3, 0.4) is 0 Å². The van der Waals surface area contributed by atoms with Crippen molar-refractivity contribution in [2.45, 2.75) is 51.2 Å². The number of rotatable bonds is 8. The fourth-order valence-corrected chi connectivity index (χ4v) is 4.32. The lowest BCUT2D eigenvalue weighted by molar-refractivity contribution is -0.142. The zero-order chi connectivity index (χ0) is 24.7. The van der Waals surface area contributed by atoms with Crippen LogP contribution in [0.4, 0.5) is 9.59 Å². The molecule has 0 saturated carbocycles. The van der Waals surface area contributed by atoms with Gasteiger partial charge in [-0.25, -0.2) is 9.59 Å². The lowest BCUT2D eigenvalue weighted by Crippen LogP contribution is -2.39. The van der Waals surface area contributed by atoms with E-state index in [1.54, 1.807) is 17.2 Å². The molecule has 184 valence electrons. The van der Waals surface area contributed by atoms with E-state index in [9.17, 15) is 19.2 Å². The van der Waals surface area contributed by atoms with Crippen LogP contribution in [-0.2, 0) is 23.8 Å². The first kappa shape index (κ1) is 25.1. The van der Waals surface area contributed by atoms with Crippen LogP contribution >= 0.6 is 0 Å². The molecule has 0 bridgehead atoms. The Balaban J connectivity index is 1.58. The summed E-state index contributed by atoms with van der Waals surface area (Å²) in [5.74, 6) is -1.08. The molecule has 1 aliphatic rings. The average molecular weight is 474 g/mol. The van der Waals surface area contributed by atoms with E-state index >= 15 is 0 Å². The summed E-state index contributed by atoms with van der Waals surface area (Å²) in [6.07, 6.45) is 3.14. The molecule has 2 amide bonds. The smallest absolute Gasteiger partial charge is 0.418 e. The third kappa shape index (κ3) is 5.67. The molecule has 0 aliphatic carbocycles. The highest BCUT2D eigenvalue weighted by Gasteiger charge is 2.30. The van der Waals surface area contributed by atoms with Crippen molar-refractivity contribution < 1.29 is 33.4 Å². The fraction of sp³-hybridized carbons (Fsp3) is 0.500. The number of hydrogen-bond donors (Lipinski definition) is 1. The van der Waals surface area contributed by atoms with Crippen LogP contribution in [-0.4, -0.2) is 67.1 Å². The topological polar surface area (TPSA) is 116 Å². The van der Waals surface area contributed by atoms with Gasteiger partial charge in [-0.3, -0.25) is 14.2 Å². The van der Waals surface area contributed by atoms with Gasteiger partial charge in [0.1, 0.15) is 0 Å². The summed E-state index contributed by atoms with van der Waals surface area (Å²) < 4.78 is 16.6. The average Bonchev–Trinajstić information content (AvgIpc) is 3.45. The van der Waals surface area contributed by atoms with Crippen molar-refractivity contribution in [3.63, 3.8) is 0 Å². The highest BCUT2D eigenvalue weighted by molar-refractivity contribution is 5.95. The Kier molecular flexibility index (Phi) is 8.50. The molecule has 10 nitrogen and oxygen atoms in total. The second kappa shape index (κ2) is 11.5. The largest absolute Gasteiger partial charge is 0.469 e. The van der Waals surface area contributed by atoms with Gasteiger partial charge in [-0.05, 0) is 30.9 Å². The first-order valence-corrected chi connectivity index (χ1v) is 11.3. The summed E-state index contributed by atoms with van der Waals surface area (Å²) in [5.41, 5.74) is 1.33. The van der Waals surface area contributed by atoms with Crippen LogP contribution in [0.1, 0.15) is 50.5 Å². The van der Waals surface area contributed by atoms with Gasteiger partial charge in [-0.2, -0.15) is 0 Å². The number of nitrogens with zero attached hydrogens (tertiary/aromatic N) is 2. The van der Waals surface area contributed by atoms with E-state index in [4.69, 9.17) is 14.2 Å². The second-order valence-corrected chi connectivity index (χ2v) is 8.15. The summed E-state index contributed by atoms with van der Waals surface area (Å²) in [6.45, 7) is 2.41. The number of nitrogens with one attached hydrogen (secondary N) is 1. The van der Waals surface area contributed by atoms with Crippen LogP contribution in [0, 0.1) is 0 Å². The Morgan fingerprint density at radius 1 is 1.12 bits per heavy atom. The number of carbonyl (C=O) groups excluding carboxylic acids is 4. The number of alkyl carbamates (subject to hydrolysis) is 1. The van der Waals surface area contributed by atoms with Gasteiger partial charge in [0.2, 0.25) is 5.91 Å². The van der Waals surface area contributed by atoms with Crippen molar-refractivity contribution in [3.8, 4) is 0 Å². The maximum Gasteiger partial charge on any atom is 0.418 e. The number of para-hydroxylation sites is 1. The molecule has 1 aliphatic heterocycles. The fourth-order valence-electron chi connectivity index (χ4n) is 4.32. The van der Waals surface area contributed by atoms with E-state index < -0.39 is 30.3 Å². The summed E-state index contributed by atoms with van der Waals surface area (Å²) in [6, 6.07) is 7.29. The molecule has 2 aromatic rings. The minimum atomic E-state index is -0.574. The summed E-state index contributed by atoms with van der Waals surface area (Å²) in [7, 11) is 2.64. The number of esters is 1. The predicted octanol–water partition coefficient (Wildman–Crippen LogP) is 3.38. The summed E-state index contributed by atoms with van der Waals surface area (Å²) in [4.78, 5) is 50.0. The van der Waals surface area contributed by atoms with Crippen LogP contribution in [0.5, 0.6) is 0 Å². The monoisotopic (exact) mass is 473 g/mol. The van der Waals surface area contributed by atoms with Crippen molar-refractivity contribution in [1.29, 1.82) is 0 Å². The van der Waals surface area contributed by atoms with Gasteiger partial charge >= 0.3 is 18.2 Å². The van der Waals surface area contributed by atoms with Gasteiger partial charge in [0, 0.05) is 38.0 Å². The van der Waals surface area contributed by atoms with Gasteiger partial charge in [0.25, 0.3) is 0 Å². The number of hydrogen-bond acceptors (Lipinski definition) is 7. The first-order valence-electron chi connectivity index (χ1n) is 11.3. The zero-order valence-corrected chi connectivity index (χ0v) is 19.7. The standard InChI is InChI=1S/C24H31N3O7/c1-16(28)26-14-8-12-21(26)34-23(30)25-13-7-6-10-18(22(29)32-2)19-15-27(24(31)33-3)20-11-5-4-9-17(19)20/h4-5,9,11,15,18,21H,6-8,10,12-14H2,1-3H3,(H,25,30). The molecule has 1 fully saturated rings. The quantitative estimate of drug-likeness (QED) is 0.355. The number of unbranched alkanes of at least 4 members (excludes halogenated alkanes) is 1. The lowest BCUT2D eigenvalue weighted by atomic mass is 9.93. The minimum Gasteiger partial charge on any atom is -0.469 e. The van der Waals surface area contributed by atoms with Crippen molar-refractivity contribution in [2.75, 3.05) is 27.3 Å². The molecule has 0 spiro atoms. The summed E-state index contributed by atoms with van der Waals surface area (Å²) in [5, 5.41) is 3.48. The van der Waals surface area contributed by atoms with E-state index in [1.807, 2.05) is 18.2 Å². The van der Waals surface area contributed by atoms with Crippen LogP contribution in [0.2, 0.25) is 0 Å². The Morgan fingerprint density at radius 3 is 2.59 bits per heavy atom. The number of carbonyl (C=O) groups is 4. The number of methoxy groups -OCH3 is 2. The molecular formula is C24H31N3O7. The SMILES string of the molecule is COC(=O)C(CCCCNC(=O)OC1CCCN1C(C)=O)c1cn(C(=O)OC)c2ccccc12. The van der Waals surface area contributed by atoms with Crippen LogP contribution < -0.4 is 5.32 Å². The second-order valence-electron chi connectivity index (χ2n) is 8.15. The predicted molar refractivity (Wildman–Crippen MR) is 123 cm³/mol. The molecule has 0 radical (unpaired) electrons. The maximum atomic E-state index is 12.6. The molecule has 2 heterocycles. The van der Waals surface area contributed by atoms with E-state index in [-0.39, 0.29) is 5.91 Å². The highest BCUT2D eigenvalue weighted by Crippen LogP contribution is 2.32. The Labute approximate surface area is 198 Å². The number of amides is 2. The Morgan fingerprint density at radius 2 is 1.88 bits per heavy atom. The number of likely N-dealkylation sites (tertiary alicyclic amines) is 1. The molecule has 1 saturated heterocycles. The van der Waals surface area contributed by atoms with E-state index in [0.717, 1.165) is 11.8 Å². The van der Waals surface area contributed by atoms with Crippen molar-refractivity contribution in [3.05, 3.63) is 36.0 Å². The van der Waals surface area contributed by atoms with Crippen LogP contribution in [0.25, 0.3) is 10.9 Å². The molecular weight excluding hydrogens is 442 g/mol. The molecule has 10 heteroatoms. The van der Waals surface area contributed by atoms with E-state index in [2.05, 4.69) is 5.32 Å². The minimum absolute atomic E-state index is 0.113. The number of ether oxygens (including phenoxy) is 3. The third-order valence-corrected chi connectivity index (χ3v) is 6.01. The molecule has 34 heavy (non-hydrogen) atoms. The van der Waals surface area contributed by atoms with Gasteiger partial charge in [0.05, 0.1) is 25.7 Å². The van der Waals surface area contributed by atoms with Gasteiger partial charge in [-0.15, -0.1) is 0 Å². The van der Waals surface area contributed by atoms with Gasteiger partial charge < -0.3 is 24.4 Å². The van der Waals surface area contributed by atoms with Gasteiger partial charge in [0.15, 0.2) is 6.23 Å². The molecule has 2 unspecified atom stereocenters. The first-order chi connectivity index (χ1) is 16.4. The molecule has 1 N–H and O–H groups in total. The van der Waals surface area contributed by atoms with E-state index in [0.29, 0.717) is 49.9 Å². The molecule has 1 aromatic carbocycles. The van der Waals surface area contributed by atoms with Crippen molar-refractivity contribution in [1.82, 2.24) is 14.8 Å². The highest BCUT2D eigenvalue weighted by atomic mass is 16.6. The van der Waals surface area contributed by atoms with Crippen LogP contribution in [0.15, 0.2) is 30.5 Å². The zero-order valence-electron chi connectivity index (χ0n) is 19.7. The Hall–Kier alpha value is -3.56. The lowest BCUT2D eigenvalue weighted by Gasteiger charge is -2.23. The maximum absolute atomic E-state index is 12.6. The van der Waals surface area contributed by atoms with E-state index in [1.165, 1.54) is 25.7 Å². The van der Waals surface area contributed by atoms with Crippen molar-refractivity contribution >= 4 is 35.0 Å². The number of fused-ring (bicyclic) bond motifs is 1. The number of aromatic nitrogens is 1.